The third-order valence-electron chi connectivity index (χ3n) is 3.14. The summed E-state index contributed by atoms with van der Waals surface area (Å²) in [6.45, 7) is 2.90. The Morgan fingerprint density at radius 1 is 1.29 bits per heavy atom. The first kappa shape index (κ1) is 10.1. The summed E-state index contributed by atoms with van der Waals surface area (Å²) in [7, 11) is 0. The quantitative estimate of drug-likeness (QED) is 0.809. The highest BCUT2D eigenvalue weighted by atomic mass is 16.2. The molecule has 1 amide bonds. The molecule has 2 aromatic rings. The van der Waals surface area contributed by atoms with Crippen molar-refractivity contribution in [2.75, 3.05) is 0 Å². The number of hydrogen-bond donors (Lipinski definition) is 1. The highest BCUT2D eigenvalue weighted by molar-refractivity contribution is 5.75. The number of rotatable bonds is 1. The van der Waals surface area contributed by atoms with Crippen LogP contribution in [0.1, 0.15) is 18.2 Å². The molecule has 1 aromatic carbocycles. The number of aromatic amines is 1. The molecule has 17 heavy (non-hydrogen) atoms. The molecule has 0 fully saturated rings. The van der Waals surface area contributed by atoms with Crippen LogP contribution in [0.5, 0.6) is 0 Å². The molecule has 0 unspecified atom stereocenters. The van der Waals surface area contributed by atoms with Gasteiger partial charge in [-0.3, -0.25) is 9.89 Å². The van der Waals surface area contributed by atoms with Crippen LogP contribution in [0.2, 0.25) is 0 Å². The summed E-state index contributed by atoms with van der Waals surface area (Å²) in [6, 6.07) is 10.0. The minimum atomic E-state index is 0.105. The number of H-pyrrole nitrogens is 1. The molecule has 0 radical (unpaired) electrons. The number of benzene rings is 1. The van der Waals surface area contributed by atoms with Gasteiger partial charge < -0.3 is 4.90 Å². The van der Waals surface area contributed by atoms with Gasteiger partial charge >= 0.3 is 0 Å². The molecule has 0 atom stereocenters. The zero-order valence-corrected chi connectivity index (χ0v) is 9.60. The summed E-state index contributed by atoms with van der Waals surface area (Å²) < 4.78 is 0. The number of fused-ring (bicyclic) bond motifs is 1. The third-order valence-corrected chi connectivity index (χ3v) is 3.14. The van der Waals surface area contributed by atoms with Gasteiger partial charge in [-0.1, -0.05) is 30.3 Å². The Balaban J connectivity index is 1.99. The van der Waals surface area contributed by atoms with Gasteiger partial charge in [-0.2, -0.15) is 5.10 Å². The van der Waals surface area contributed by atoms with Gasteiger partial charge in [0.2, 0.25) is 5.91 Å². The highest BCUT2D eigenvalue weighted by Crippen LogP contribution is 2.30. The number of amides is 1. The molecule has 1 aliphatic rings. The summed E-state index contributed by atoms with van der Waals surface area (Å²) in [5, 5.41) is 7.36. The molecular weight excluding hydrogens is 214 g/mol. The molecule has 0 spiro atoms. The number of carbonyl (C=O) groups is 1. The van der Waals surface area contributed by atoms with E-state index in [1.807, 2.05) is 35.2 Å². The summed E-state index contributed by atoms with van der Waals surface area (Å²) >= 11 is 0. The van der Waals surface area contributed by atoms with Crippen LogP contribution in [0.4, 0.5) is 0 Å². The molecule has 86 valence electrons. The third kappa shape index (κ3) is 1.62. The van der Waals surface area contributed by atoms with Crippen molar-refractivity contribution in [2.45, 2.75) is 20.0 Å². The maximum absolute atomic E-state index is 11.4. The first-order valence-electron chi connectivity index (χ1n) is 5.63. The second kappa shape index (κ2) is 3.73. The van der Waals surface area contributed by atoms with Gasteiger partial charge in [0.05, 0.1) is 24.5 Å². The second-order valence-corrected chi connectivity index (χ2v) is 4.27. The van der Waals surface area contributed by atoms with Crippen molar-refractivity contribution in [3.8, 4) is 11.3 Å². The zero-order chi connectivity index (χ0) is 11.8. The molecule has 3 rings (SSSR count). The molecule has 4 nitrogen and oxygen atoms in total. The Hall–Kier alpha value is -2.10. The van der Waals surface area contributed by atoms with Gasteiger partial charge in [0.15, 0.2) is 0 Å². The maximum Gasteiger partial charge on any atom is 0.220 e. The predicted octanol–water partition coefficient (Wildman–Crippen LogP) is 1.94. The summed E-state index contributed by atoms with van der Waals surface area (Å²) in [5.41, 5.74) is 4.25. The number of carbonyl (C=O) groups excluding carboxylic acids is 1. The van der Waals surface area contributed by atoms with Gasteiger partial charge in [0, 0.05) is 18.1 Å². The fourth-order valence-corrected chi connectivity index (χ4v) is 2.20. The first-order valence-corrected chi connectivity index (χ1v) is 5.63. The van der Waals surface area contributed by atoms with E-state index in [1.54, 1.807) is 6.92 Å². The van der Waals surface area contributed by atoms with Crippen molar-refractivity contribution in [3.63, 3.8) is 0 Å². The van der Waals surface area contributed by atoms with Crippen molar-refractivity contribution in [1.82, 2.24) is 15.1 Å². The number of nitrogens with zero attached hydrogens (tertiary/aromatic N) is 2. The lowest BCUT2D eigenvalue weighted by Crippen LogP contribution is -2.22. The Labute approximate surface area is 99.3 Å². The molecule has 0 saturated heterocycles. The van der Waals surface area contributed by atoms with Crippen molar-refractivity contribution in [2.24, 2.45) is 0 Å². The van der Waals surface area contributed by atoms with E-state index in [9.17, 15) is 4.79 Å². The normalized spacial score (nSPS) is 13.8. The first-order chi connectivity index (χ1) is 8.25. The molecule has 1 aliphatic heterocycles. The molecule has 0 aliphatic carbocycles. The average Bonchev–Trinajstić information content (AvgIpc) is 2.89. The fourth-order valence-electron chi connectivity index (χ4n) is 2.20. The number of aromatic nitrogens is 2. The fraction of sp³-hybridized carbons (Fsp3) is 0.231. The van der Waals surface area contributed by atoms with E-state index in [0.717, 1.165) is 22.5 Å². The van der Waals surface area contributed by atoms with Crippen molar-refractivity contribution >= 4 is 5.91 Å². The van der Waals surface area contributed by atoms with E-state index in [-0.39, 0.29) is 5.91 Å². The topological polar surface area (TPSA) is 49.0 Å². The van der Waals surface area contributed by atoms with Gasteiger partial charge in [-0.25, -0.2) is 0 Å². The van der Waals surface area contributed by atoms with E-state index in [0.29, 0.717) is 13.1 Å². The van der Waals surface area contributed by atoms with Crippen LogP contribution in [-0.4, -0.2) is 21.0 Å². The Kier molecular flexibility index (Phi) is 2.21. The molecule has 1 aromatic heterocycles. The van der Waals surface area contributed by atoms with Crippen molar-refractivity contribution in [3.05, 3.63) is 41.6 Å². The molecule has 1 N–H and O–H groups in total. The lowest BCUT2D eigenvalue weighted by Gasteiger charge is -2.12. The summed E-state index contributed by atoms with van der Waals surface area (Å²) in [6.07, 6.45) is 0. The van der Waals surface area contributed by atoms with Gasteiger partial charge in [-0.05, 0) is 0 Å². The van der Waals surface area contributed by atoms with Crippen LogP contribution in [0.3, 0.4) is 0 Å². The van der Waals surface area contributed by atoms with E-state index in [1.165, 1.54) is 0 Å². The van der Waals surface area contributed by atoms with E-state index < -0.39 is 0 Å². The van der Waals surface area contributed by atoms with Crippen LogP contribution in [0.15, 0.2) is 30.3 Å². The summed E-state index contributed by atoms with van der Waals surface area (Å²) in [4.78, 5) is 13.2. The molecular formula is C13H13N3O. The SMILES string of the molecule is CC(=O)N1Cc2[nH]nc(-c3ccccc3)c2C1. The zero-order valence-electron chi connectivity index (χ0n) is 9.60. The second-order valence-electron chi connectivity index (χ2n) is 4.27. The van der Waals surface area contributed by atoms with Gasteiger partial charge in [-0.15, -0.1) is 0 Å². The summed E-state index contributed by atoms with van der Waals surface area (Å²) in [5.74, 6) is 0.105. The van der Waals surface area contributed by atoms with E-state index in [2.05, 4.69) is 10.2 Å². The lowest BCUT2D eigenvalue weighted by atomic mass is 10.1. The van der Waals surface area contributed by atoms with Gasteiger partial charge in [0.1, 0.15) is 0 Å². The van der Waals surface area contributed by atoms with Crippen LogP contribution in [0.25, 0.3) is 11.3 Å². The standard InChI is InChI=1S/C13H13N3O/c1-9(17)16-7-11-12(8-16)14-15-13(11)10-5-3-2-4-6-10/h2-6H,7-8H2,1H3,(H,14,15). The van der Waals surface area contributed by atoms with Crippen LogP contribution in [0, 0.1) is 0 Å². The van der Waals surface area contributed by atoms with Crippen LogP contribution < -0.4 is 0 Å². The molecule has 0 bridgehead atoms. The highest BCUT2D eigenvalue weighted by Gasteiger charge is 2.26. The van der Waals surface area contributed by atoms with Crippen LogP contribution >= 0.6 is 0 Å². The van der Waals surface area contributed by atoms with E-state index in [4.69, 9.17) is 0 Å². The monoisotopic (exact) mass is 227 g/mol. The maximum atomic E-state index is 11.4. The number of hydrogen-bond acceptors (Lipinski definition) is 2. The smallest absolute Gasteiger partial charge is 0.220 e. The van der Waals surface area contributed by atoms with E-state index >= 15 is 0 Å². The largest absolute Gasteiger partial charge is 0.333 e. The van der Waals surface area contributed by atoms with Crippen molar-refractivity contribution in [1.29, 1.82) is 0 Å². The Morgan fingerprint density at radius 3 is 2.76 bits per heavy atom. The Bertz CT molecular complexity index is 559. The molecule has 4 heteroatoms. The minimum absolute atomic E-state index is 0.105. The molecule has 2 heterocycles. The average molecular weight is 227 g/mol. The minimum Gasteiger partial charge on any atom is -0.333 e. The predicted molar refractivity (Wildman–Crippen MR) is 64.0 cm³/mol. The van der Waals surface area contributed by atoms with Gasteiger partial charge in [0.25, 0.3) is 0 Å². The Morgan fingerprint density at radius 2 is 2.06 bits per heavy atom. The molecule has 0 saturated carbocycles. The van der Waals surface area contributed by atoms with Crippen molar-refractivity contribution < 1.29 is 4.79 Å². The lowest BCUT2D eigenvalue weighted by molar-refractivity contribution is -0.129. The number of nitrogens with one attached hydrogen (secondary N) is 1. The van der Waals surface area contributed by atoms with Crippen LogP contribution in [-0.2, 0) is 17.9 Å².